The van der Waals surface area contributed by atoms with Crippen molar-refractivity contribution in [3.05, 3.63) is 47.0 Å². The number of hydrogen-bond donors (Lipinski definition) is 1. The molecule has 1 aromatic heterocycles. The molecule has 0 saturated heterocycles. The lowest BCUT2D eigenvalue weighted by atomic mass is 9.76. The van der Waals surface area contributed by atoms with Gasteiger partial charge in [-0.25, -0.2) is 0 Å². The van der Waals surface area contributed by atoms with Crippen molar-refractivity contribution < 1.29 is 0 Å². The summed E-state index contributed by atoms with van der Waals surface area (Å²) in [6.07, 6.45) is 4.01. The Morgan fingerprint density at radius 2 is 2.16 bits per heavy atom. The molecule has 0 radical (unpaired) electrons. The van der Waals surface area contributed by atoms with Crippen molar-refractivity contribution in [2.24, 2.45) is 7.05 Å². The van der Waals surface area contributed by atoms with Crippen LogP contribution in [0.15, 0.2) is 30.6 Å². The van der Waals surface area contributed by atoms with E-state index in [-0.39, 0.29) is 0 Å². The Hall–Kier alpha value is -1.39. The molecule has 1 N–H and O–H groups in total. The minimum atomic E-state index is 0.554. The van der Waals surface area contributed by atoms with Crippen LogP contribution in [0, 0.1) is 0 Å². The summed E-state index contributed by atoms with van der Waals surface area (Å²) in [5, 5.41) is 12.3. The molecule has 4 nitrogen and oxygen atoms in total. The summed E-state index contributed by atoms with van der Waals surface area (Å²) in [6, 6.07) is 8.69. The van der Waals surface area contributed by atoms with Crippen molar-refractivity contribution in [1.82, 2.24) is 20.1 Å². The summed E-state index contributed by atoms with van der Waals surface area (Å²) in [5.41, 5.74) is 1.28. The van der Waals surface area contributed by atoms with Crippen LogP contribution in [0.4, 0.5) is 0 Å². The Morgan fingerprint density at radius 3 is 2.84 bits per heavy atom. The monoisotopic (exact) mass is 276 g/mol. The van der Waals surface area contributed by atoms with Gasteiger partial charge in [0.05, 0.1) is 6.54 Å². The van der Waals surface area contributed by atoms with Gasteiger partial charge in [0.15, 0.2) is 0 Å². The van der Waals surface area contributed by atoms with E-state index in [9.17, 15) is 0 Å². The molecule has 1 saturated carbocycles. The predicted octanol–water partition coefficient (Wildman–Crippen LogP) is 2.50. The molecule has 19 heavy (non-hydrogen) atoms. The van der Waals surface area contributed by atoms with Crippen LogP contribution in [0.2, 0.25) is 5.02 Å². The summed E-state index contributed by atoms with van der Waals surface area (Å²) >= 11 is 6.22. The van der Waals surface area contributed by atoms with Gasteiger partial charge in [0.25, 0.3) is 0 Å². The van der Waals surface area contributed by atoms with Crippen LogP contribution in [-0.2, 0) is 13.6 Å². The lowest BCUT2D eigenvalue weighted by molar-refractivity contribution is 0.286. The third kappa shape index (κ3) is 2.65. The molecule has 2 aromatic rings. The van der Waals surface area contributed by atoms with Crippen molar-refractivity contribution in [2.75, 3.05) is 0 Å². The number of nitrogens with one attached hydrogen (secondary N) is 1. The molecule has 0 spiro atoms. The summed E-state index contributed by atoms with van der Waals surface area (Å²) in [7, 11) is 1.96. The molecule has 0 bridgehead atoms. The molecular weight excluding hydrogens is 260 g/mol. The molecule has 3 rings (SSSR count). The molecule has 5 heteroatoms. The van der Waals surface area contributed by atoms with Crippen LogP contribution in [0.25, 0.3) is 0 Å². The molecule has 0 unspecified atom stereocenters. The number of benzene rings is 1. The zero-order valence-electron chi connectivity index (χ0n) is 10.9. The number of nitrogens with zero attached hydrogens (tertiary/aromatic N) is 3. The highest BCUT2D eigenvalue weighted by Gasteiger charge is 2.31. The lowest BCUT2D eigenvalue weighted by Crippen LogP contribution is -2.40. The maximum absolute atomic E-state index is 6.22. The molecule has 1 fully saturated rings. The first-order valence-corrected chi connectivity index (χ1v) is 6.92. The summed E-state index contributed by atoms with van der Waals surface area (Å²) in [6.45, 7) is 0.774. The van der Waals surface area contributed by atoms with E-state index in [2.05, 4.69) is 27.6 Å². The average molecular weight is 277 g/mol. The molecule has 1 heterocycles. The first-order valence-electron chi connectivity index (χ1n) is 6.54. The summed E-state index contributed by atoms with van der Waals surface area (Å²) < 4.78 is 1.94. The third-order valence-electron chi connectivity index (χ3n) is 3.84. The highest BCUT2D eigenvalue weighted by Crippen LogP contribution is 2.39. The van der Waals surface area contributed by atoms with Crippen LogP contribution < -0.4 is 5.32 Å². The fraction of sp³-hybridized carbons (Fsp3) is 0.429. The lowest BCUT2D eigenvalue weighted by Gasteiger charge is -2.36. The van der Waals surface area contributed by atoms with E-state index in [0.29, 0.717) is 12.0 Å². The van der Waals surface area contributed by atoms with Gasteiger partial charge in [-0.2, -0.15) is 0 Å². The van der Waals surface area contributed by atoms with Crippen molar-refractivity contribution in [2.45, 2.75) is 31.3 Å². The van der Waals surface area contributed by atoms with Gasteiger partial charge < -0.3 is 9.88 Å². The molecule has 0 atom stereocenters. The number of halogens is 1. The molecule has 1 aliphatic rings. The second-order valence-corrected chi connectivity index (χ2v) is 5.53. The Labute approximate surface area is 117 Å². The predicted molar refractivity (Wildman–Crippen MR) is 75.1 cm³/mol. The SMILES string of the molecule is Cn1cnnc1CNC1CC(c2ccccc2Cl)C1. The van der Waals surface area contributed by atoms with Crippen LogP contribution >= 0.6 is 11.6 Å². The first kappa shape index (κ1) is 12.6. The second kappa shape index (κ2) is 5.31. The second-order valence-electron chi connectivity index (χ2n) is 5.13. The molecular formula is C14H17ClN4. The van der Waals surface area contributed by atoms with E-state index in [0.717, 1.165) is 30.2 Å². The number of rotatable bonds is 4. The summed E-state index contributed by atoms with van der Waals surface area (Å²) in [4.78, 5) is 0. The smallest absolute Gasteiger partial charge is 0.146 e. The zero-order chi connectivity index (χ0) is 13.2. The van der Waals surface area contributed by atoms with E-state index in [4.69, 9.17) is 11.6 Å². The molecule has 1 aliphatic carbocycles. The fourth-order valence-corrected chi connectivity index (χ4v) is 2.84. The van der Waals surface area contributed by atoms with E-state index < -0.39 is 0 Å². The largest absolute Gasteiger partial charge is 0.320 e. The minimum absolute atomic E-state index is 0.554. The Balaban J connectivity index is 1.51. The maximum Gasteiger partial charge on any atom is 0.146 e. The zero-order valence-corrected chi connectivity index (χ0v) is 11.6. The summed E-state index contributed by atoms with van der Waals surface area (Å²) in [5.74, 6) is 1.56. The van der Waals surface area contributed by atoms with Crippen LogP contribution in [0.3, 0.4) is 0 Å². The Kier molecular flexibility index (Phi) is 3.53. The Bertz CT molecular complexity index is 560. The van der Waals surface area contributed by atoms with Gasteiger partial charge in [0.1, 0.15) is 12.2 Å². The fourth-order valence-electron chi connectivity index (χ4n) is 2.55. The molecule has 1 aromatic carbocycles. The van der Waals surface area contributed by atoms with Crippen molar-refractivity contribution in [1.29, 1.82) is 0 Å². The average Bonchev–Trinajstić information content (AvgIpc) is 2.75. The Morgan fingerprint density at radius 1 is 1.37 bits per heavy atom. The van der Waals surface area contributed by atoms with Gasteiger partial charge in [-0.15, -0.1) is 10.2 Å². The number of hydrogen-bond acceptors (Lipinski definition) is 3. The van der Waals surface area contributed by atoms with Gasteiger partial charge in [-0.05, 0) is 30.4 Å². The first-order chi connectivity index (χ1) is 9.24. The topological polar surface area (TPSA) is 42.7 Å². The van der Waals surface area contributed by atoms with Gasteiger partial charge in [0.2, 0.25) is 0 Å². The van der Waals surface area contributed by atoms with Gasteiger partial charge in [-0.1, -0.05) is 29.8 Å². The van der Waals surface area contributed by atoms with Crippen molar-refractivity contribution >= 4 is 11.6 Å². The number of aromatic nitrogens is 3. The van der Waals surface area contributed by atoms with Gasteiger partial charge in [0, 0.05) is 18.1 Å². The highest BCUT2D eigenvalue weighted by atomic mass is 35.5. The van der Waals surface area contributed by atoms with Crippen LogP contribution in [0.1, 0.15) is 30.1 Å². The van der Waals surface area contributed by atoms with E-state index in [1.807, 2.05) is 23.7 Å². The van der Waals surface area contributed by atoms with E-state index in [1.165, 1.54) is 5.56 Å². The molecule has 100 valence electrons. The number of aryl methyl sites for hydroxylation is 1. The third-order valence-corrected chi connectivity index (χ3v) is 4.18. The minimum Gasteiger partial charge on any atom is -0.320 e. The van der Waals surface area contributed by atoms with Crippen LogP contribution in [-0.4, -0.2) is 20.8 Å². The highest BCUT2D eigenvalue weighted by molar-refractivity contribution is 6.31. The van der Waals surface area contributed by atoms with E-state index in [1.54, 1.807) is 6.33 Å². The van der Waals surface area contributed by atoms with E-state index >= 15 is 0 Å². The molecule has 0 aliphatic heterocycles. The molecule has 0 amide bonds. The quantitative estimate of drug-likeness (QED) is 0.933. The van der Waals surface area contributed by atoms with Crippen molar-refractivity contribution in [3.8, 4) is 0 Å². The maximum atomic E-state index is 6.22. The normalized spacial score (nSPS) is 22.2. The van der Waals surface area contributed by atoms with Crippen LogP contribution in [0.5, 0.6) is 0 Å². The van der Waals surface area contributed by atoms with Gasteiger partial charge in [-0.3, -0.25) is 0 Å². The van der Waals surface area contributed by atoms with Crippen molar-refractivity contribution in [3.63, 3.8) is 0 Å². The van der Waals surface area contributed by atoms with Gasteiger partial charge >= 0.3 is 0 Å². The standard InChI is InChI=1S/C14H17ClN4/c1-19-9-17-18-14(19)8-16-11-6-10(7-11)12-4-2-3-5-13(12)15/h2-5,9-11,16H,6-8H2,1H3.